The minimum absolute atomic E-state index is 0.162. The second kappa shape index (κ2) is 4.78. The summed E-state index contributed by atoms with van der Waals surface area (Å²) in [5, 5.41) is 8.09. The summed E-state index contributed by atoms with van der Waals surface area (Å²) >= 11 is 0. The Labute approximate surface area is 113 Å². The zero-order chi connectivity index (χ0) is 13.4. The number of aryl methyl sites for hydroxylation is 1. The maximum absolute atomic E-state index is 4.72. The number of benzene rings is 1. The van der Waals surface area contributed by atoms with Gasteiger partial charge in [-0.2, -0.15) is 5.10 Å². The van der Waals surface area contributed by atoms with Crippen molar-refractivity contribution in [1.82, 2.24) is 20.1 Å². The molecule has 1 aromatic carbocycles. The van der Waals surface area contributed by atoms with Crippen molar-refractivity contribution in [2.24, 2.45) is 7.05 Å². The summed E-state index contributed by atoms with van der Waals surface area (Å²) in [5.41, 5.74) is 2.75. The van der Waals surface area contributed by atoms with E-state index in [1.54, 1.807) is 0 Å². The fourth-order valence-electron chi connectivity index (χ4n) is 2.65. The fraction of sp³-hybridized carbons (Fsp3) is 0.467. The van der Waals surface area contributed by atoms with Crippen LogP contribution in [0.3, 0.4) is 0 Å². The maximum atomic E-state index is 4.72. The third-order valence-electron chi connectivity index (χ3n) is 3.70. The summed E-state index contributed by atoms with van der Waals surface area (Å²) in [6.45, 7) is 5.24. The molecule has 1 unspecified atom stereocenters. The van der Waals surface area contributed by atoms with Crippen LogP contribution in [-0.2, 0) is 13.5 Å². The molecule has 19 heavy (non-hydrogen) atoms. The number of hydrogen-bond donors (Lipinski definition) is 1. The van der Waals surface area contributed by atoms with E-state index in [2.05, 4.69) is 48.5 Å². The van der Waals surface area contributed by atoms with Crippen molar-refractivity contribution in [2.45, 2.75) is 32.2 Å². The lowest BCUT2D eigenvalue weighted by Gasteiger charge is -2.25. The van der Waals surface area contributed by atoms with Gasteiger partial charge < -0.3 is 5.32 Å². The van der Waals surface area contributed by atoms with Gasteiger partial charge in [0.2, 0.25) is 0 Å². The molecule has 0 radical (unpaired) electrons. The quantitative estimate of drug-likeness (QED) is 0.895. The second-order valence-corrected chi connectivity index (χ2v) is 5.44. The van der Waals surface area contributed by atoms with Gasteiger partial charge in [0.05, 0.1) is 6.04 Å². The van der Waals surface area contributed by atoms with Crippen molar-refractivity contribution in [1.29, 1.82) is 0 Å². The van der Waals surface area contributed by atoms with E-state index in [1.807, 2.05) is 11.7 Å². The fourth-order valence-corrected chi connectivity index (χ4v) is 2.65. The Hall–Kier alpha value is -1.68. The van der Waals surface area contributed by atoms with E-state index in [0.29, 0.717) is 5.92 Å². The molecule has 1 atom stereocenters. The first kappa shape index (κ1) is 12.4. The lowest BCUT2D eigenvalue weighted by atomic mass is 9.94. The van der Waals surface area contributed by atoms with Crippen molar-refractivity contribution in [3.8, 4) is 0 Å². The van der Waals surface area contributed by atoms with Crippen LogP contribution in [0.2, 0.25) is 0 Å². The molecule has 0 bridgehead atoms. The molecule has 1 N–H and O–H groups in total. The first-order valence-electron chi connectivity index (χ1n) is 6.89. The van der Waals surface area contributed by atoms with Crippen molar-refractivity contribution in [2.75, 3.05) is 6.54 Å². The van der Waals surface area contributed by atoms with E-state index in [0.717, 1.165) is 24.6 Å². The molecular formula is C15H20N4. The van der Waals surface area contributed by atoms with Crippen LogP contribution in [0.1, 0.15) is 48.6 Å². The molecule has 0 spiro atoms. The van der Waals surface area contributed by atoms with Gasteiger partial charge in [-0.05, 0) is 17.5 Å². The zero-order valence-corrected chi connectivity index (χ0v) is 11.7. The van der Waals surface area contributed by atoms with E-state index >= 15 is 0 Å². The normalized spacial score (nSPS) is 18.6. The molecule has 0 fully saturated rings. The molecule has 2 aromatic rings. The summed E-state index contributed by atoms with van der Waals surface area (Å²) in [4.78, 5) is 4.72. The summed E-state index contributed by atoms with van der Waals surface area (Å²) in [6, 6.07) is 8.77. The van der Waals surface area contributed by atoms with Crippen molar-refractivity contribution in [3.05, 3.63) is 47.0 Å². The predicted molar refractivity (Wildman–Crippen MR) is 75.1 cm³/mol. The molecule has 0 saturated carbocycles. The van der Waals surface area contributed by atoms with E-state index in [9.17, 15) is 0 Å². The topological polar surface area (TPSA) is 42.7 Å². The van der Waals surface area contributed by atoms with Crippen LogP contribution in [-0.4, -0.2) is 21.3 Å². The average Bonchev–Trinajstić information content (AvgIpc) is 2.80. The zero-order valence-electron chi connectivity index (χ0n) is 11.7. The molecule has 4 heteroatoms. The predicted octanol–water partition coefficient (Wildman–Crippen LogP) is 2.17. The van der Waals surface area contributed by atoms with E-state index in [1.165, 1.54) is 11.1 Å². The maximum Gasteiger partial charge on any atom is 0.153 e. The number of hydrogen-bond acceptors (Lipinski definition) is 3. The van der Waals surface area contributed by atoms with Gasteiger partial charge in [0, 0.05) is 19.5 Å². The van der Waals surface area contributed by atoms with Crippen molar-refractivity contribution < 1.29 is 0 Å². The molecule has 1 aliphatic rings. The number of rotatable bonds is 2. The standard InChI is InChI=1S/C15H20N4/c1-10(2)14-17-15(19(3)18-14)13-12-7-5-4-6-11(12)8-9-16-13/h4-7,10,13,16H,8-9H2,1-3H3. The van der Waals surface area contributed by atoms with Crippen LogP contribution in [0.5, 0.6) is 0 Å². The molecule has 1 aromatic heterocycles. The van der Waals surface area contributed by atoms with Gasteiger partial charge in [0.15, 0.2) is 5.82 Å². The van der Waals surface area contributed by atoms with Crippen LogP contribution in [0.25, 0.3) is 0 Å². The third-order valence-corrected chi connectivity index (χ3v) is 3.70. The summed E-state index contributed by atoms with van der Waals surface area (Å²) in [5.74, 6) is 2.29. The van der Waals surface area contributed by atoms with Crippen LogP contribution in [0.4, 0.5) is 0 Å². The molecule has 0 amide bonds. The minimum atomic E-state index is 0.162. The Morgan fingerprint density at radius 2 is 2.11 bits per heavy atom. The number of nitrogens with one attached hydrogen (secondary N) is 1. The first-order chi connectivity index (χ1) is 9.16. The smallest absolute Gasteiger partial charge is 0.153 e. The van der Waals surface area contributed by atoms with E-state index in [-0.39, 0.29) is 6.04 Å². The second-order valence-electron chi connectivity index (χ2n) is 5.44. The Kier molecular flexibility index (Phi) is 3.11. The highest BCUT2D eigenvalue weighted by molar-refractivity contribution is 5.36. The van der Waals surface area contributed by atoms with Gasteiger partial charge in [-0.15, -0.1) is 0 Å². The molecule has 3 rings (SSSR count). The van der Waals surface area contributed by atoms with Crippen LogP contribution in [0, 0.1) is 0 Å². The Bertz CT molecular complexity index is 586. The van der Waals surface area contributed by atoms with E-state index in [4.69, 9.17) is 4.98 Å². The highest BCUT2D eigenvalue weighted by Gasteiger charge is 2.25. The molecule has 0 saturated heterocycles. The van der Waals surface area contributed by atoms with Gasteiger partial charge >= 0.3 is 0 Å². The molecule has 100 valence electrons. The minimum Gasteiger partial charge on any atom is -0.303 e. The van der Waals surface area contributed by atoms with Crippen molar-refractivity contribution >= 4 is 0 Å². The molecule has 2 heterocycles. The lowest BCUT2D eigenvalue weighted by molar-refractivity contribution is 0.519. The number of nitrogens with zero attached hydrogens (tertiary/aromatic N) is 3. The van der Waals surface area contributed by atoms with Gasteiger partial charge in [-0.25, -0.2) is 4.98 Å². The van der Waals surface area contributed by atoms with Gasteiger partial charge in [0.25, 0.3) is 0 Å². The van der Waals surface area contributed by atoms with E-state index < -0.39 is 0 Å². The Morgan fingerprint density at radius 3 is 2.84 bits per heavy atom. The summed E-state index contributed by atoms with van der Waals surface area (Å²) in [6.07, 6.45) is 1.08. The number of aromatic nitrogens is 3. The number of fused-ring (bicyclic) bond motifs is 1. The monoisotopic (exact) mass is 256 g/mol. The first-order valence-corrected chi connectivity index (χ1v) is 6.89. The lowest BCUT2D eigenvalue weighted by Crippen LogP contribution is -2.32. The highest BCUT2D eigenvalue weighted by Crippen LogP contribution is 2.27. The van der Waals surface area contributed by atoms with Crippen molar-refractivity contribution in [3.63, 3.8) is 0 Å². The SMILES string of the molecule is CC(C)c1nc(C2NCCc3ccccc32)n(C)n1. The average molecular weight is 256 g/mol. The summed E-state index contributed by atoms with van der Waals surface area (Å²) in [7, 11) is 1.98. The van der Waals surface area contributed by atoms with Gasteiger partial charge in [-0.1, -0.05) is 38.1 Å². The highest BCUT2D eigenvalue weighted by atomic mass is 15.3. The third kappa shape index (κ3) is 2.16. The van der Waals surface area contributed by atoms with Crippen LogP contribution in [0.15, 0.2) is 24.3 Å². The van der Waals surface area contributed by atoms with Crippen LogP contribution < -0.4 is 5.32 Å². The molecule has 0 aliphatic carbocycles. The molecule has 4 nitrogen and oxygen atoms in total. The largest absolute Gasteiger partial charge is 0.303 e. The Morgan fingerprint density at radius 1 is 1.32 bits per heavy atom. The van der Waals surface area contributed by atoms with Gasteiger partial charge in [0.1, 0.15) is 5.82 Å². The molecular weight excluding hydrogens is 236 g/mol. The summed E-state index contributed by atoms with van der Waals surface area (Å²) < 4.78 is 1.91. The van der Waals surface area contributed by atoms with Gasteiger partial charge in [-0.3, -0.25) is 4.68 Å². The Balaban J connectivity index is 2.04. The molecule has 1 aliphatic heterocycles. The van der Waals surface area contributed by atoms with Crippen LogP contribution >= 0.6 is 0 Å².